The van der Waals surface area contributed by atoms with Crippen LogP contribution in [0.1, 0.15) is 0 Å². The lowest BCUT2D eigenvalue weighted by Crippen LogP contribution is -2.39. The molecule has 0 atom stereocenters. The van der Waals surface area contributed by atoms with Crippen molar-refractivity contribution < 1.29 is 4.79 Å². The Bertz CT molecular complexity index is 425. The standard InChI is InChI=1S/C11H15BrN4O.HI/c1-13-11(14-2)15-7-10(17)16-9-5-3-4-8(12)6-9;/h3-6H,7H2,1-2H3,(H,16,17)(H2,13,14,15);1H. The third kappa shape index (κ3) is 6.20. The molecule has 0 heterocycles. The third-order valence-electron chi connectivity index (χ3n) is 1.99. The van der Waals surface area contributed by atoms with E-state index in [-0.39, 0.29) is 36.4 Å². The first-order valence-electron chi connectivity index (χ1n) is 5.09. The molecule has 0 spiro atoms. The van der Waals surface area contributed by atoms with E-state index in [1.54, 1.807) is 14.1 Å². The van der Waals surface area contributed by atoms with Crippen molar-refractivity contribution in [3.8, 4) is 0 Å². The topological polar surface area (TPSA) is 65.5 Å². The maximum atomic E-state index is 11.6. The number of nitrogens with one attached hydrogen (secondary N) is 3. The monoisotopic (exact) mass is 426 g/mol. The molecule has 0 radical (unpaired) electrons. The molecule has 18 heavy (non-hydrogen) atoms. The number of hydrogen-bond acceptors (Lipinski definition) is 2. The highest BCUT2D eigenvalue weighted by Crippen LogP contribution is 2.15. The zero-order valence-corrected chi connectivity index (χ0v) is 14.1. The van der Waals surface area contributed by atoms with E-state index in [4.69, 9.17) is 0 Å². The van der Waals surface area contributed by atoms with Crippen LogP contribution in [-0.2, 0) is 4.79 Å². The number of amides is 1. The first-order valence-corrected chi connectivity index (χ1v) is 5.89. The molecule has 0 aliphatic rings. The van der Waals surface area contributed by atoms with Gasteiger partial charge in [-0.05, 0) is 18.2 Å². The second kappa shape index (κ2) is 9.15. The van der Waals surface area contributed by atoms with Crippen LogP contribution >= 0.6 is 39.9 Å². The minimum absolute atomic E-state index is 0. The van der Waals surface area contributed by atoms with Crippen LogP contribution in [-0.4, -0.2) is 32.5 Å². The predicted octanol–water partition coefficient (Wildman–Crippen LogP) is 1.80. The molecule has 1 rings (SSSR count). The van der Waals surface area contributed by atoms with E-state index in [0.29, 0.717) is 5.96 Å². The number of benzene rings is 1. The Morgan fingerprint density at radius 2 is 2.17 bits per heavy atom. The molecular weight excluding hydrogens is 411 g/mol. The number of nitrogens with zero attached hydrogens (tertiary/aromatic N) is 1. The fourth-order valence-electron chi connectivity index (χ4n) is 1.21. The summed E-state index contributed by atoms with van der Waals surface area (Å²) in [5.74, 6) is 0.453. The summed E-state index contributed by atoms with van der Waals surface area (Å²) >= 11 is 3.34. The molecule has 0 unspecified atom stereocenters. The van der Waals surface area contributed by atoms with Crippen LogP contribution in [0.4, 0.5) is 5.69 Å². The Hall–Kier alpha value is -0.830. The summed E-state index contributed by atoms with van der Waals surface area (Å²) in [6.45, 7) is 0.167. The molecule has 1 amide bonds. The number of rotatable bonds is 3. The lowest BCUT2D eigenvalue weighted by atomic mass is 10.3. The number of halogens is 2. The van der Waals surface area contributed by atoms with Gasteiger partial charge in [-0.3, -0.25) is 9.79 Å². The molecule has 1 aromatic rings. The van der Waals surface area contributed by atoms with E-state index < -0.39 is 0 Å². The SMILES string of the molecule is CN=C(NC)NCC(=O)Nc1cccc(Br)c1.I. The number of hydrogen-bond donors (Lipinski definition) is 3. The third-order valence-corrected chi connectivity index (χ3v) is 2.48. The van der Waals surface area contributed by atoms with Gasteiger partial charge in [-0.15, -0.1) is 24.0 Å². The van der Waals surface area contributed by atoms with Crippen LogP contribution < -0.4 is 16.0 Å². The van der Waals surface area contributed by atoms with Gasteiger partial charge >= 0.3 is 0 Å². The maximum Gasteiger partial charge on any atom is 0.243 e. The molecule has 5 nitrogen and oxygen atoms in total. The molecule has 7 heteroatoms. The zero-order chi connectivity index (χ0) is 12.7. The van der Waals surface area contributed by atoms with E-state index in [0.717, 1.165) is 10.2 Å². The molecule has 3 N–H and O–H groups in total. The molecule has 0 fully saturated rings. The van der Waals surface area contributed by atoms with Crippen LogP contribution in [0, 0.1) is 0 Å². The molecule has 100 valence electrons. The smallest absolute Gasteiger partial charge is 0.243 e. The predicted molar refractivity (Wildman–Crippen MR) is 88.6 cm³/mol. The van der Waals surface area contributed by atoms with Crippen molar-refractivity contribution in [2.75, 3.05) is 26.0 Å². The molecule has 0 saturated carbocycles. The average molecular weight is 427 g/mol. The van der Waals surface area contributed by atoms with E-state index in [2.05, 4.69) is 36.9 Å². The summed E-state index contributed by atoms with van der Waals surface area (Å²) in [4.78, 5) is 15.5. The van der Waals surface area contributed by atoms with E-state index in [1.807, 2.05) is 24.3 Å². The summed E-state index contributed by atoms with van der Waals surface area (Å²) in [5, 5.41) is 8.47. The van der Waals surface area contributed by atoms with Gasteiger partial charge in [-0.25, -0.2) is 0 Å². The molecule has 0 aromatic heterocycles. The van der Waals surface area contributed by atoms with Gasteiger partial charge < -0.3 is 16.0 Å². The fraction of sp³-hybridized carbons (Fsp3) is 0.273. The minimum atomic E-state index is -0.125. The maximum absolute atomic E-state index is 11.6. The van der Waals surface area contributed by atoms with Crippen molar-refractivity contribution in [3.05, 3.63) is 28.7 Å². The Labute approximate surface area is 132 Å². The number of anilines is 1. The highest BCUT2D eigenvalue weighted by atomic mass is 127. The van der Waals surface area contributed by atoms with Gasteiger partial charge in [0.1, 0.15) is 0 Å². The van der Waals surface area contributed by atoms with Gasteiger partial charge in [0.05, 0.1) is 6.54 Å². The number of carbonyl (C=O) groups is 1. The van der Waals surface area contributed by atoms with E-state index >= 15 is 0 Å². The van der Waals surface area contributed by atoms with Crippen LogP contribution in [0.5, 0.6) is 0 Å². The van der Waals surface area contributed by atoms with E-state index in [1.165, 1.54) is 0 Å². The Balaban J connectivity index is 0.00000289. The lowest BCUT2D eigenvalue weighted by Gasteiger charge is -2.09. The van der Waals surface area contributed by atoms with Crippen molar-refractivity contribution >= 4 is 57.5 Å². The minimum Gasteiger partial charge on any atom is -0.359 e. The van der Waals surface area contributed by atoms with Crippen LogP contribution in [0.15, 0.2) is 33.7 Å². The summed E-state index contributed by atoms with van der Waals surface area (Å²) in [7, 11) is 3.38. The Morgan fingerprint density at radius 3 is 2.72 bits per heavy atom. The first-order chi connectivity index (χ1) is 8.15. The van der Waals surface area contributed by atoms with E-state index in [9.17, 15) is 4.79 Å². The normalized spacial score (nSPS) is 10.3. The molecule has 0 bridgehead atoms. The van der Waals surface area contributed by atoms with Gasteiger partial charge in [-0.1, -0.05) is 22.0 Å². The van der Waals surface area contributed by atoms with Crippen molar-refractivity contribution in [2.24, 2.45) is 4.99 Å². The zero-order valence-electron chi connectivity index (χ0n) is 10.2. The van der Waals surface area contributed by atoms with Gasteiger partial charge in [0.15, 0.2) is 5.96 Å². The van der Waals surface area contributed by atoms with Crippen LogP contribution in [0.2, 0.25) is 0 Å². The van der Waals surface area contributed by atoms with Crippen molar-refractivity contribution in [2.45, 2.75) is 0 Å². The largest absolute Gasteiger partial charge is 0.359 e. The highest BCUT2D eigenvalue weighted by molar-refractivity contribution is 14.0. The molecule has 0 saturated heterocycles. The lowest BCUT2D eigenvalue weighted by molar-refractivity contribution is -0.115. The number of guanidine groups is 1. The molecule has 0 aliphatic carbocycles. The van der Waals surface area contributed by atoms with Crippen molar-refractivity contribution in [1.29, 1.82) is 0 Å². The second-order valence-corrected chi connectivity index (χ2v) is 4.15. The fourth-order valence-corrected chi connectivity index (χ4v) is 1.61. The first kappa shape index (κ1) is 17.2. The Kier molecular flexibility index (Phi) is 8.73. The molecule has 0 aliphatic heterocycles. The van der Waals surface area contributed by atoms with Gasteiger partial charge in [0.2, 0.25) is 5.91 Å². The van der Waals surface area contributed by atoms with Crippen molar-refractivity contribution in [1.82, 2.24) is 10.6 Å². The van der Waals surface area contributed by atoms with Gasteiger partial charge in [0, 0.05) is 24.3 Å². The molecular formula is C11H16BrIN4O. The average Bonchev–Trinajstić information content (AvgIpc) is 2.30. The summed E-state index contributed by atoms with van der Waals surface area (Å²) < 4.78 is 0.925. The summed E-state index contributed by atoms with van der Waals surface area (Å²) in [6.07, 6.45) is 0. The van der Waals surface area contributed by atoms with Crippen molar-refractivity contribution in [3.63, 3.8) is 0 Å². The van der Waals surface area contributed by atoms with Crippen LogP contribution in [0.3, 0.4) is 0 Å². The van der Waals surface area contributed by atoms with Gasteiger partial charge in [-0.2, -0.15) is 0 Å². The summed E-state index contributed by atoms with van der Waals surface area (Å²) in [5.41, 5.74) is 0.755. The Morgan fingerprint density at radius 1 is 1.44 bits per heavy atom. The summed E-state index contributed by atoms with van der Waals surface area (Å²) in [6, 6.07) is 7.43. The quantitative estimate of drug-likeness (QED) is 0.392. The highest BCUT2D eigenvalue weighted by Gasteiger charge is 2.03. The molecule has 1 aromatic carbocycles. The number of carbonyl (C=O) groups excluding carboxylic acids is 1. The van der Waals surface area contributed by atoms with Gasteiger partial charge in [0.25, 0.3) is 0 Å². The second-order valence-electron chi connectivity index (χ2n) is 3.23. The number of aliphatic imine (C=N–C) groups is 1. The van der Waals surface area contributed by atoms with Crippen LogP contribution in [0.25, 0.3) is 0 Å².